The molecule has 1 aromatic rings. The molecule has 100 valence electrons. The molecule has 1 aromatic heterocycles. The summed E-state index contributed by atoms with van der Waals surface area (Å²) in [5, 5.41) is 2.75. The Morgan fingerprint density at radius 2 is 2.11 bits per heavy atom. The summed E-state index contributed by atoms with van der Waals surface area (Å²) in [5.41, 5.74) is 0.505. The average molecular weight is 287 g/mol. The molecule has 3 nitrogen and oxygen atoms in total. The van der Waals surface area contributed by atoms with E-state index in [0.717, 1.165) is 5.13 Å². The molecule has 1 heterocycles. The minimum Gasteiger partial charge on any atom is -0.348 e. The first kappa shape index (κ1) is 13.8. The van der Waals surface area contributed by atoms with Gasteiger partial charge in [-0.2, -0.15) is 0 Å². The summed E-state index contributed by atoms with van der Waals surface area (Å²) in [6, 6.07) is 0.567. The molecule has 1 fully saturated rings. The number of carbonyl (C=O) groups is 1. The Kier molecular flexibility index (Phi) is 5.01. The summed E-state index contributed by atoms with van der Waals surface area (Å²) in [4.78, 5) is 18.1. The number of carbonyl (C=O) groups excluding carboxylic acids is 1. The molecule has 0 aliphatic heterocycles. The van der Waals surface area contributed by atoms with Crippen LogP contribution in [0.15, 0.2) is 5.38 Å². The molecule has 0 atom stereocenters. The van der Waals surface area contributed by atoms with E-state index in [1.165, 1.54) is 49.9 Å². The Bertz CT molecular complexity index is 399. The van der Waals surface area contributed by atoms with E-state index in [2.05, 4.69) is 16.9 Å². The Hall–Kier alpha value is -0.610. The van der Waals surface area contributed by atoms with Gasteiger partial charge in [0, 0.05) is 18.5 Å². The lowest BCUT2D eigenvalue weighted by atomic mass is 10.1. The van der Waals surface area contributed by atoms with Crippen LogP contribution in [0.1, 0.15) is 49.0 Å². The first-order valence-corrected chi connectivity index (χ1v) is 7.91. The predicted molar refractivity (Wildman–Crippen MR) is 77.1 cm³/mol. The maximum absolute atomic E-state index is 11.5. The van der Waals surface area contributed by atoms with E-state index in [9.17, 15) is 4.79 Å². The Morgan fingerprint density at radius 3 is 2.72 bits per heavy atom. The van der Waals surface area contributed by atoms with Gasteiger partial charge >= 0.3 is 0 Å². The zero-order valence-corrected chi connectivity index (χ0v) is 12.3. The lowest BCUT2D eigenvalue weighted by Gasteiger charge is -2.26. The molecular formula is C13H19ClN2OS. The van der Waals surface area contributed by atoms with Gasteiger partial charge in [0.15, 0.2) is 10.9 Å². The molecule has 1 saturated carbocycles. The van der Waals surface area contributed by atoms with Crippen LogP contribution in [0.4, 0.5) is 5.13 Å². The van der Waals surface area contributed by atoms with E-state index in [1.807, 2.05) is 5.38 Å². The Labute approximate surface area is 117 Å². The molecule has 0 unspecified atom stereocenters. The number of Topliss-reactive ketones (excluding diaryl/α,β-unsaturated/α-hetero) is 1. The van der Waals surface area contributed by atoms with Gasteiger partial charge in [0.1, 0.15) is 5.69 Å². The third-order valence-corrected chi connectivity index (χ3v) is 4.75. The standard InChI is InChI=1S/C13H19ClN2OS/c1-16(10-6-4-2-3-5-7-10)13-15-11(9-18-13)12(17)8-14/h9-10H,2-8H2,1H3. The van der Waals surface area contributed by atoms with Crippen LogP contribution in [0.5, 0.6) is 0 Å². The third-order valence-electron chi connectivity index (χ3n) is 3.57. The fourth-order valence-electron chi connectivity index (χ4n) is 2.42. The van der Waals surface area contributed by atoms with Gasteiger partial charge in [-0.15, -0.1) is 22.9 Å². The lowest BCUT2D eigenvalue weighted by Crippen LogP contribution is -2.31. The summed E-state index contributed by atoms with van der Waals surface area (Å²) in [5.74, 6) is -0.0792. The molecule has 18 heavy (non-hydrogen) atoms. The first-order chi connectivity index (χ1) is 8.72. The van der Waals surface area contributed by atoms with Crippen molar-refractivity contribution >= 4 is 33.9 Å². The highest BCUT2D eigenvalue weighted by atomic mass is 35.5. The number of alkyl halides is 1. The fraction of sp³-hybridized carbons (Fsp3) is 0.692. The van der Waals surface area contributed by atoms with Crippen molar-refractivity contribution in [2.24, 2.45) is 0 Å². The zero-order valence-electron chi connectivity index (χ0n) is 10.7. The van der Waals surface area contributed by atoms with Crippen molar-refractivity contribution in [2.75, 3.05) is 17.8 Å². The van der Waals surface area contributed by atoms with Crippen molar-refractivity contribution < 1.29 is 4.79 Å². The number of ketones is 1. The highest BCUT2D eigenvalue weighted by molar-refractivity contribution is 7.14. The van der Waals surface area contributed by atoms with E-state index in [4.69, 9.17) is 11.6 Å². The van der Waals surface area contributed by atoms with Crippen molar-refractivity contribution in [3.8, 4) is 0 Å². The molecule has 1 aliphatic rings. The second kappa shape index (κ2) is 6.53. The molecule has 0 amide bonds. The average Bonchev–Trinajstić information content (AvgIpc) is 2.72. The minimum absolute atomic E-state index is 0.0102. The van der Waals surface area contributed by atoms with Gasteiger partial charge in [0.2, 0.25) is 0 Å². The van der Waals surface area contributed by atoms with Crippen molar-refractivity contribution in [2.45, 2.75) is 44.6 Å². The summed E-state index contributed by atoms with van der Waals surface area (Å²) in [6.07, 6.45) is 7.75. The zero-order chi connectivity index (χ0) is 13.0. The SMILES string of the molecule is CN(c1nc(C(=O)CCl)cs1)C1CCCCCC1. The van der Waals surface area contributed by atoms with Crippen LogP contribution in [0.2, 0.25) is 0 Å². The molecule has 2 rings (SSSR count). The smallest absolute Gasteiger partial charge is 0.196 e. The van der Waals surface area contributed by atoms with Gasteiger partial charge in [-0.3, -0.25) is 4.79 Å². The number of thiazole rings is 1. The van der Waals surface area contributed by atoms with Gasteiger partial charge in [-0.25, -0.2) is 4.98 Å². The van der Waals surface area contributed by atoms with E-state index in [0.29, 0.717) is 11.7 Å². The van der Waals surface area contributed by atoms with Gasteiger partial charge in [-0.1, -0.05) is 25.7 Å². The number of aromatic nitrogens is 1. The van der Waals surface area contributed by atoms with E-state index in [1.54, 1.807) is 0 Å². The highest BCUT2D eigenvalue weighted by Gasteiger charge is 2.20. The van der Waals surface area contributed by atoms with Crippen molar-refractivity contribution in [3.05, 3.63) is 11.1 Å². The van der Waals surface area contributed by atoms with E-state index >= 15 is 0 Å². The summed E-state index contributed by atoms with van der Waals surface area (Å²) < 4.78 is 0. The second-order valence-electron chi connectivity index (χ2n) is 4.83. The van der Waals surface area contributed by atoms with Gasteiger partial charge in [-0.05, 0) is 12.8 Å². The van der Waals surface area contributed by atoms with Crippen molar-refractivity contribution in [3.63, 3.8) is 0 Å². The van der Waals surface area contributed by atoms with E-state index in [-0.39, 0.29) is 11.7 Å². The highest BCUT2D eigenvalue weighted by Crippen LogP contribution is 2.27. The fourth-order valence-corrected chi connectivity index (χ4v) is 3.43. The summed E-state index contributed by atoms with van der Waals surface area (Å²) >= 11 is 7.08. The second-order valence-corrected chi connectivity index (χ2v) is 5.93. The Morgan fingerprint density at radius 1 is 1.44 bits per heavy atom. The summed E-state index contributed by atoms with van der Waals surface area (Å²) in [7, 11) is 2.09. The summed E-state index contributed by atoms with van der Waals surface area (Å²) in [6.45, 7) is 0. The molecule has 1 aliphatic carbocycles. The molecule has 5 heteroatoms. The topological polar surface area (TPSA) is 33.2 Å². The van der Waals surface area contributed by atoms with Crippen LogP contribution in [0.25, 0.3) is 0 Å². The predicted octanol–water partition coefficient (Wildman–Crippen LogP) is 3.72. The number of nitrogens with zero attached hydrogens (tertiary/aromatic N) is 2. The quantitative estimate of drug-likeness (QED) is 0.480. The number of rotatable bonds is 4. The van der Waals surface area contributed by atoms with Crippen LogP contribution >= 0.6 is 22.9 Å². The van der Waals surface area contributed by atoms with Gasteiger partial charge < -0.3 is 4.90 Å². The molecule has 0 spiro atoms. The van der Waals surface area contributed by atoms with Crippen LogP contribution in [0, 0.1) is 0 Å². The molecule has 0 N–H and O–H groups in total. The van der Waals surface area contributed by atoms with Crippen LogP contribution in [0.3, 0.4) is 0 Å². The first-order valence-electron chi connectivity index (χ1n) is 6.50. The lowest BCUT2D eigenvalue weighted by molar-refractivity contribution is 0.101. The third kappa shape index (κ3) is 3.23. The van der Waals surface area contributed by atoms with Crippen LogP contribution < -0.4 is 4.90 Å². The number of halogens is 1. The normalized spacial score (nSPS) is 17.4. The van der Waals surface area contributed by atoms with Gasteiger partial charge in [0.05, 0.1) is 5.88 Å². The van der Waals surface area contributed by atoms with Crippen molar-refractivity contribution in [1.29, 1.82) is 0 Å². The van der Waals surface area contributed by atoms with E-state index < -0.39 is 0 Å². The number of hydrogen-bond acceptors (Lipinski definition) is 4. The molecule has 0 bridgehead atoms. The van der Waals surface area contributed by atoms with Crippen LogP contribution in [-0.4, -0.2) is 29.7 Å². The Balaban J connectivity index is 2.05. The molecular weight excluding hydrogens is 268 g/mol. The molecule has 0 saturated heterocycles. The van der Waals surface area contributed by atoms with Gasteiger partial charge in [0.25, 0.3) is 0 Å². The minimum atomic E-state index is -0.0894. The maximum Gasteiger partial charge on any atom is 0.196 e. The molecule has 0 aromatic carbocycles. The number of anilines is 1. The van der Waals surface area contributed by atoms with Crippen molar-refractivity contribution in [1.82, 2.24) is 4.98 Å². The van der Waals surface area contributed by atoms with Crippen LogP contribution in [-0.2, 0) is 0 Å². The molecule has 0 radical (unpaired) electrons. The number of hydrogen-bond donors (Lipinski definition) is 0. The monoisotopic (exact) mass is 286 g/mol. The maximum atomic E-state index is 11.5. The largest absolute Gasteiger partial charge is 0.348 e.